The molecular weight excluding hydrogens is 317 g/mol. The molecule has 1 aliphatic rings. The molecule has 0 aromatic heterocycles. The van der Waals surface area contributed by atoms with E-state index < -0.39 is 0 Å². The zero-order chi connectivity index (χ0) is 14.1. The monoisotopic (exact) mass is 333 g/mol. The number of rotatable bonds is 2. The maximum atomic E-state index is 13.5. The van der Waals surface area contributed by atoms with Gasteiger partial charge in [-0.2, -0.15) is 0 Å². The molecule has 0 radical (unpaired) electrons. The van der Waals surface area contributed by atoms with Crippen molar-refractivity contribution in [3.8, 4) is 0 Å². The van der Waals surface area contributed by atoms with Crippen LogP contribution in [0.5, 0.6) is 0 Å². The summed E-state index contributed by atoms with van der Waals surface area (Å²) in [4.78, 5) is 0. The fraction of sp³-hybridized carbons (Fsp3) is 0.294. The van der Waals surface area contributed by atoms with E-state index in [2.05, 4.69) is 34.1 Å². The van der Waals surface area contributed by atoms with E-state index in [1.54, 1.807) is 0 Å². The Hall–Kier alpha value is -1.19. The Morgan fingerprint density at radius 3 is 2.45 bits per heavy atom. The van der Waals surface area contributed by atoms with Gasteiger partial charge in [0, 0.05) is 4.47 Å². The standard InChI is InChI=1S/C17H17BrFN/c18-15-8-14(9-16(19)10-15)17(20)13-6-5-11-3-1-2-4-12(11)7-13/h5-10,17H,1-4,20H2. The molecule has 0 bridgehead atoms. The lowest BCUT2D eigenvalue weighted by atomic mass is 9.88. The number of fused-ring (bicyclic) bond motifs is 1. The van der Waals surface area contributed by atoms with Gasteiger partial charge in [-0.1, -0.05) is 34.1 Å². The van der Waals surface area contributed by atoms with Crippen LogP contribution < -0.4 is 5.73 Å². The Labute approximate surface area is 127 Å². The summed E-state index contributed by atoms with van der Waals surface area (Å²) in [6, 6.07) is 11.0. The molecule has 0 saturated carbocycles. The van der Waals surface area contributed by atoms with Gasteiger partial charge in [0.05, 0.1) is 6.04 Å². The van der Waals surface area contributed by atoms with Crippen molar-refractivity contribution in [3.63, 3.8) is 0 Å². The van der Waals surface area contributed by atoms with Crippen LogP contribution in [0, 0.1) is 5.82 Å². The van der Waals surface area contributed by atoms with Gasteiger partial charge in [-0.3, -0.25) is 0 Å². The summed E-state index contributed by atoms with van der Waals surface area (Å²) in [6.45, 7) is 0. The van der Waals surface area contributed by atoms with Gasteiger partial charge in [0.2, 0.25) is 0 Å². The lowest BCUT2D eigenvalue weighted by Gasteiger charge is -2.19. The molecule has 0 saturated heterocycles. The summed E-state index contributed by atoms with van der Waals surface area (Å²) >= 11 is 3.32. The fourth-order valence-corrected chi connectivity index (χ4v) is 3.38. The topological polar surface area (TPSA) is 26.0 Å². The van der Waals surface area contributed by atoms with E-state index in [0.29, 0.717) is 0 Å². The van der Waals surface area contributed by atoms with Crippen molar-refractivity contribution in [2.24, 2.45) is 5.73 Å². The van der Waals surface area contributed by atoms with E-state index in [4.69, 9.17) is 5.73 Å². The fourth-order valence-electron chi connectivity index (χ4n) is 2.89. The average Bonchev–Trinajstić information content (AvgIpc) is 2.45. The van der Waals surface area contributed by atoms with Crippen molar-refractivity contribution >= 4 is 15.9 Å². The molecule has 2 aromatic rings. The summed E-state index contributed by atoms with van der Waals surface area (Å²) in [5.74, 6) is -0.261. The van der Waals surface area contributed by atoms with Crippen LogP contribution in [-0.2, 0) is 12.8 Å². The maximum Gasteiger partial charge on any atom is 0.124 e. The molecular formula is C17H17BrFN. The number of hydrogen-bond acceptors (Lipinski definition) is 1. The van der Waals surface area contributed by atoms with Crippen LogP contribution in [0.4, 0.5) is 4.39 Å². The Morgan fingerprint density at radius 2 is 1.70 bits per heavy atom. The average molecular weight is 334 g/mol. The number of nitrogens with two attached hydrogens (primary N) is 1. The molecule has 0 amide bonds. The van der Waals surface area contributed by atoms with Gasteiger partial charge in [-0.25, -0.2) is 4.39 Å². The summed E-state index contributed by atoms with van der Waals surface area (Å²) in [5, 5.41) is 0. The second kappa shape index (κ2) is 5.66. The molecule has 3 rings (SSSR count). The third-order valence-corrected chi connectivity index (χ3v) is 4.43. The predicted molar refractivity (Wildman–Crippen MR) is 83.2 cm³/mol. The zero-order valence-corrected chi connectivity index (χ0v) is 12.8. The van der Waals surface area contributed by atoms with E-state index in [0.717, 1.165) is 28.4 Å². The second-order valence-corrected chi connectivity index (χ2v) is 6.33. The predicted octanol–water partition coefficient (Wildman–Crippen LogP) is 4.52. The van der Waals surface area contributed by atoms with Crippen LogP contribution in [0.2, 0.25) is 0 Å². The molecule has 0 spiro atoms. The quantitative estimate of drug-likeness (QED) is 0.859. The van der Waals surface area contributed by atoms with E-state index in [1.165, 1.54) is 36.1 Å². The first-order valence-electron chi connectivity index (χ1n) is 6.97. The van der Waals surface area contributed by atoms with Crippen LogP contribution in [0.15, 0.2) is 40.9 Å². The van der Waals surface area contributed by atoms with Gasteiger partial charge in [-0.05, 0) is 66.1 Å². The molecule has 2 aromatic carbocycles. The lowest BCUT2D eigenvalue weighted by molar-refractivity contribution is 0.622. The number of halogens is 2. The Balaban J connectivity index is 1.95. The van der Waals surface area contributed by atoms with Gasteiger partial charge in [-0.15, -0.1) is 0 Å². The molecule has 104 valence electrons. The SMILES string of the molecule is NC(c1cc(F)cc(Br)c1)c1ccc2c(c1)CCCC2. The number of aryl methyl sites for hydroxylation is 2. The molecule has 0 fully saturated rings. The normalized spacial score (nSPS) is 15.8. The Kier molecular flexibility index (Phi) is 3.90. The van der Waals surface area contributed by atoms with E-state index in [1.807, 2.05) is 6.07 Å². The lowest BCUT2D eigenvalue weighted by Crippen LogP contribution is -2.14. The van der Waals surface area contributed by atoms with E-state index in [-0.39, 0.29) is 11.9 Å². The highest BCUT2D eigenvalue weighted by Gasteiger charge is 2.15. The Bertz CT molecular complexity index is 619. The summed E-state index contributed by atoms with van der Waals surface area (Å²) in [6.07, 6.45) is 4.81. The van der Waals surface area contributed by atoms with Crippen molar-refractivity contribution in [2.75, 3.05) is 0 Å². The molecule has 1 unspecified atom stereocenters. The molecule has 3 heteroatoms. The van der Waals surface area contributed by atoms with E-state index in [9.17, 15) is 4.39 Å². The van der Waals surface area contributed by atoms with Crippen molar-refractivity contribution < 1.29 is 4.39 Å². The first kappa shape index (κ1) is 13.8. The minimum atomic E-state index is -0.283. The first-order chi connectivity index (χ1) is 9.63. The van der Waals surface area contributed by atoms with Crippen LogP contribution in [0.3, 0.4) is 0 Å². The van der Waals surface area contributed by atoms with Gasteiger partial charge in [0.1, 0.15) is 5.82 Å². The molecule has 1 nitrogen and oxygen atoms in total. The molecule has 1 aliphatic carbocycles. The van der Waals surface area contributed by atoms with Gasteiger partial charge in [0.15, 0.2) is 0 Å². The second-order valence-electron chi connectivity index (χ2n) is 5.42. The molecule has 0 aliphatic heterocycles. The van der Waals surface area contributed by atoms with Crippen molar-refractivity contribution in [2.45, 2.75) is 31.7 Å². The van der Waals surface area contributed by atoms with Crippen molar-refractivity contribution in [3.05, 3.63) is 68.9 Å². The number of hydrogen-bond donors (Lipinski definition) is 1. The van der Waals surface area contributed by atoms with Crippen LogP contribution in [0.1, 0.15) is 41.1 Å². The molecule has 2 N–H and O–H groups in total. The highest BCUT2D eigenvalue weighted by Crippen LogP contribution is 2.28. The van der Waals surface area contributed by atoms with Gasteiger partial charge >= 0.3 is 0 Å². The third kappa shape index (κ3) is 2.79. The van der Waals surface area contributed by atoms with Crippen molar-refractivity contribution in [1.82, 2.24) is 0 Å². The number of benzene rings is 2. The van der Waals surface area contributed by atoms with Crippen LogP contribution in [-0.4, -0.2) is 0 Å². The van der Waals surface area contributed by atoms with Crippen molar-refractivity contribution in [1.29, 1.82) is 0 Å². The largest absolute Gasteiger partial charge is 0.320 e. The highest BCUT2D eigenvalue weighted by atomic mass is 79.9. The van der Waals surface area contributed by atoms with Gasteiger partial charge in [0.25, 0.3) is 0 Å². The smallest absolute Gasteiger partial charge is 0.124 e. The summed E-state index contributed by atoms with van der Waals surface area (Å²) in [5.41, 5.74) is 11.0. The minimum absolute atomic E-state index is 0.261. The maximum absolute atomic E-state index is 13.5. The first-order valence-corrected chi connectivity index (χ1v) is 7.76. The Morgan fingerprint density at radius 1 is 0.950 bits per heavy atom. The highest BCUT2D eigenvalue weighted by molar-refractivity contribution is 9.10. The minimum Gasteiger partial charge on any atom is -0.320 e. The van der Waals surface area contributed by atoms with Crippen LogP contribution in [0.25, 0.3) is 0 Å². The zero-order valence-electron chi connectivity index (χ0n) is 11.2. The van der Waals surface area contributed by atoms with E-state index >= 15 is 0 Å². The molecule has 1 atom stereocenters. The summed E-state index contributed by atoms with van der Waals surface area (Å²) in [7, 11) is 0. The summed E-state index contributed by atoms with van der Waals surface area (Å²) < 4.78 is 14.2. The van der Waals surface area contributed by atoms with Crippen LogP contribution >= 0.6 is 15.9 Å². The van der Waals surface area contributed by atoms with Gasteiger partial charge < -0.3 is 5.73 Å². The third-order valence-electron chi connectivity index (χ3n) is 3.98. The molecule has 0 heterocycles. The molecule has 20 heavy (non-hydrogen) atoms.